The van der Waals surface area contributed by atoms with E-state index < -0.39 is 12.4 Å². The minimum absolute atomic E-state index is 0.0945. The van der Waals surface area contributed by atoms with Gasteiger partial charge < -0.3 is 33.9 Å². The highest BCUT2D eigenvalue weighted by Crippen LogP contribution is 2.17. The molecule has 55 heavy (non-hydrogen) atoms. The van der Waals surface area contributed by atoms with Gasteiger partial charge in [-0.1, -0.05) is 77.5 Å². The van der Waals surface area contributed by atoms with Crippen LogP contribution in [0.15, 0.2) is 18.2 Å². The molecule has 0 aromatic heterocycles. The topological polar surface area (TPSA) is 113 Å². The summed E-state index contributed by atoms with van der Waals surface area (Å²) >= 11 is 0. The Balaban J connectivity index is 2.62. The van der Waals surface area contributed by atoms with Crippen molar-refractivity contribution in [1.29, 1.82) is 0 Å². The number of esters is 2. The third-order valence-electron chi connectivity index (χ3n) is 8.83. The van der Waals surface area contributed by atoms with Crippen LogP contribution < -0.4 is 5.32 Å². The van der Waals surface area contributed by atoms with Crippen molar-refractivity contribution in [3.63, 3.8) is 0 Å². The van der Waals surface area contributed by atoms with Crippen molar-refractivity contribution in [3.05, 3.63) is 34.9 Å². The third-order valence-corrected chi connectivity index (χ3v) is 8.83. The number of hydrogen-bond donors (Lipinski definition) is 1. The van der Waals surface area contributed by atoms with Crippen LogP contribution in [-0.2, 0) is 46.5 Å². The number of nitrogens with one attached hydrogen (secondary N) is 1. The van der Waals surface area contributed by atoms with Gasteiger partial charge in [0.05, 0.1) is 19.6 Å². The summed E-state index contributed by atoms with van der Waals surface area (Å²) < 4.78 is 28.8. The molecule has 0 aliphatic heterocycles. The van der Waals surface area contributed by atoms with Crippen molar-refractivity contribution >= 4 is 18.0 Å². The molecule has 310 valence electrons. The number of carbonyl (C=O) groups excluding carboxylic acids is 3. The zero-order chi connectivity index (χ0) is 40.4. The molecule has 0 spiro atoms. The normalized spacial score (nSPS) is 11.3. The van der Waals surface area contributed by atoms with E-state index in [0.29, 0.717) is 51.9 Å². The van der Waals surface area contributed by atoms with E-state index in [1.165, 1.54) is 0 Å². The maximum absolute atomic E-state index is 12.8. The highest BCUT2D eigenvalue weighted by Gasteiger charge is 2.18. The molecule has 1 atom stereocenters. The van der Waals surface area contributed by atoms with Gasteiger partial charge in [-0.15, -0.1) is 23.7 Å². The minimum Gasteiger partial charge on any atom is -0.461 e. The second-order valence-corrected chi connectivity index (χ2v) is 14.0. The molecule has 0 bridgehead atoms. The zero-order valence-corrected chi connectivity index (χ0v) is 35.1. The fourth-order valence-electron chi connectivity index (χ4n) is 5.44. The summed E-state index contributed by atoms with van der Waals surface area (Å²) in [7, 11) is 1.99. The quantitative estimate of drug-likeness (QED) is 0.0269. The molecule has 0 saturated carbocycles. The van der Waals surface area contributed by atoms with Crippen molar-refractivity contribution in [2.75, 3.05) is 39.9 Å². The van der Waals surface area contributed by atoms with Gasteiger partial charge in [0, 0.05) is 51.6 Å². The molecule has 1 amide bonds. The Morgan fingerprint density at radius 3 is 1.78 bits per heavy atom. The van der Waals surface area contributed by atoms with Gasteiger partial charge in [-0.3, -0.25) is 9.59 Å². The molecule has 1 N–H and O–H groups in total. The highest BCUT2D eigenvalue weighted by molar-refractivity contribution is 5.70. The summed E-state index contributed by atoms with van der Waals surface area (Å²) in [6.07, 6.45) is 12.1. The van der Waals surface area contributed by atoms with Gasteiger partial charge >= 0.3 is 18.0 Å². The van der Waals surface area contributed by atoms with Crippen molar-refractivity contribution in [2.45, 2.75) is 169 Å². The van der Waals surface area contributed by atoms with Crippen LogP contribution >= 0.6 is 0 Å². The lowest BCUT2D eigenvalue weighted by atomic mass is 10.1. The van der Waals surface area contributed by atoms with E-state index in [2.05, 4.69) is 61.6 Å². The van der Waals surface area contributed by atoms with Gasteiger partial charge in [-0.25, -0.2) is 4.79 Å². The van der Waals surface area contributed by atoms with Crippen LogP contribution in [0.2, 0.25) is 0 Å². The van der Waals surface area contributed by atoms with E-state index in [0.717, 1.165) is 94.0 Å². The van der Waals surface area contributed by atoms with Gasteiger partial charge in [0.15, 0.2) is 6.29 Å². The molecule has 1 rings (SSSR count). The van der Waals surface area contributed by atoms with Gasteiger partial charge in [0.2, 0.25) is 0 Å². The van der Waals surface area contributed by atoms with Crippen LogP contribution in [0.3, 0.4) is 0 Å². The molecular formula is C45H72N2O8. The first-order valence-corrected chi connectivity index (χ1v) is 20.9. The van der Waals surface area contributed by atoms with E-state index in [1.807, 2.05) is 32.2 Å². The number of alkyl carbamates (subject to hydrolysis) is 1. The standard InChI is InChI=1S/C45H72N2O8/c1-7-11-14-17-19-22-31-51-44(52-32-23-20-18-15-12-8-2)28-27-43(49)54-37-40-34-38(5)33-39(35-40)36-53-42(48)26-25-41(24-21-16-13-9-3)55-45(50)46-29-30-47(6)10-4/h33-35,41,44H,7-16,21-32,36-37H2,1-6H3,(H,46,50). The smallest absolute Gasteiger partial charge is 0.407 e. The van der Waals surface area contributed by atoms with Crippen LogP contribution in [0.4, 0.5) is 4.79 Å². The second-order valence-electron chi connectivity index (χ2n) is 14.0. The fourth-order valence-corrected chi connectivity index (χ4v) is 5.44. The van der Waals surface area contributed by atoms with Crippen LogP contribution in [0, 0.1) is 30.6 Å². The van der Waals surface area contributed by atoms with E-state index in [4.69, 9.17) is 23.7 Å². The molecule has 0 heterocycles. The van der Waals surface area contributed by atoms with Gasteiger partial charge in [0.1, 0.15) is 19.3 Å². The number of unbranched alkanes of at least 4 members (excludes halogenated alkanes) is 7. The van der Waals surface area contributed by atoms with Crippen LogP contribution in [0.1, 0.15) is 154 Å². The molecule has 1 aromatic carbocycles. The molecule has 1 aromatic rings. The first-order chi connectivity index (χ1) is 26.7. The third kappa shape index (κ3) is 28.5. The Bertz CT molecular complexity index is 1280. The van der Waals surface area contributed by atoms with Crippen molar-refractivity contribution in [2.24, 2.45) is 0 Å². The van der Waals surface area contributed by atoms with Crippen molar-refractivity contribution in [1.82, 2.24) is 10.2 Å². The summed E-state index contributed by atoms with van der Waals surface area (Å²) in [6.45, 7) is 13.6. The van der Waals surface area contributed by atoms with Crippen LogP contribution in [0.5, 0.6) is 0 Å². The number of hydrogen-bond acceptors (Lipinski definition) is 9. The zero-order valence-electron chi connectivity index (χ0n) is 35.1. The molecule has 1 unspecified atom stereocenters. The van der Waals surface area contributed by atoms with E-state index in [1.54, 1.807) is 0 Å². The molecule has 0 fully saturated rings. The predicted molar refractivity (Wildman–Crippen MR) is 219 cm³/mol. The summed E-state index contributed by atoms with van der Waals surface area (Å²) in [5.74, 6) is 11.9. The lowest BCUT2D eigenvalue weighted by Gasteiger charge is -2.19. The van der Waals surface area contributed by atoms with Crippen molar-refractivity contribution in [3.8, 4) is 23.7 Å². The Hall–Kier alpha value is -3.57. The Kier molecular flexibility index (Phi) is 30.3. The number of benzene rings is 1. The SMILES string of the molecule is CCCCC#CCCOC(CCC(=O)OCc1cc(C)cc(COC(=O)CCC(CCCCCC)OC(=O)NCCN(C)CC)c1)OCCC#CCCCC. The van der Waals surface area contributed by atoms with Crippen LogP contribution in [-0.4, -0.2) is 75.2 Å². The lowest BCUT2D eigenvalue weighted by molar-refractivity contribution is -0.158. The molecule has 0 aliphatic carbocycles. The number of ether oxygens (including phenoxy) is 5. The number of likely N-dealkylation sites (N-methyl/N-ethyl adjacent to an activating group) is 1. The summed E-state index contributed by atoms with van der Waals surface area (Å²) in [4.78, 5) is 40.1. The second kappa shape index (κ2) is 33.7. The first kappa shape index (κ1) is 49.4. The molecule has 0 aliphatic rings. The van der Waals surface area contributed by atoms with Gasteiger partial charge in [0.25, 0.3) is 0 Å². The fraction of sp³-hybridized carbons (Fsp3) is 0.711. The first-order valence-electron chi connectivity index (χ1n) is 20.9. The highest BCUT2D eigenvalue weighted by atomic mass is 16.7. The van der Waals surface area contributed by atoms with Crippen molar-refractivity contribution < 1.29 is 38.1 Å². The minimum atomic E-state index is -0.541. The Morgan fingerprint density at radius 1 is 0.691 bits per heavy atom. The number of amides is 1. The maximum atomic E-state index is 12.8. The Labute approximate surface area is 333 Å². The van der Waals surface area contributed by atoms with Gasteiger partial charge in [-0.2, -0.15) is 0 Å². The largest absolute Gasteiger partial charge is 0.461 e. The number of nitrogens with zero attached hydrogens (tertiary/aromatic N) is 1. The molecule has 0 radical (unpaired) electrons. The lowest BCUT2D eigenvalue weighted by Crippen LogP contribution is -2.35. The average molecular weight is 769 g/mol. The van der Waals surface area contributed by atoms with E-state index in [-0.39, 0.29) is 44.1 Å². The Morgan fingerprint density at radius 2 is 1.24 bits per heavy atom. The summed E-state index contributed by atoms with van der Waals surface area (Å²) in [5, 5.41) is 2.82. The number of rotatable bonds is 30. The molecular weight excluding hydrogens is 697 g/mol. The predicted octanol–water partition coefficient (Wildman–Crippen LogP) is 9.19. The number of carbonyl (C=O) groups is 3. The molecule has 10 nitrogen and oxygen atoms in total. The number of aryl methyl sites for hydroxylation is 1. The summed E-state index contributed by atoms with van der Waals surface area (Å²) in [5.41, 5.74) is 2.58. The van der Waals surface area contributed by atoms with Crippen LogP contribution in [0.25, 0.3) is 0 Å². The monoisotopic (exact) mass is 769 g/mol. The maximum Gasteiger partial charge on any atom is 0.407 e. The summed E-state index contributed by atoms with van der Waals surface area (Å²) in [6, 6.07) is 5.77. The van der Waals surface area contributed by atoms with Gasteiger partial charge in [-0.05, 0) is 69.8 Å². The van der Waals surface area contributed by atoms with E-state index in [9.17, 15) is 14.4 Å². The van der Waals surface area contributed by atoms with E-state index >= 15 is 0 Å². The average Bonchev–Trinajstić information content (AvgIpc) is 3.17. The molecule has 10 heteroatoms. The molecule has 0 saturated heterocycles.